The minimum atomic E-state index is -2.40. The van der Waals surface area contributed by atoms with E-state index in [1.165, 1.54) is 48.7 Å². The molecule has 0 spiro atoms. The Bertz CT molecular complexity index is 1580. The summed E-state index contributed by atoms with van der Waals surface area (Å²) in [4.78, 5) is 0. The van der Waals surface area contributed by atoms with E-state index in [4.69, 9.17) is 0 Å². The fraction of sp³-hybridized carbons (Fsp3) is 0.270. The molecular formula is C37H42NSi+. The molecule has 2 heteroatoms. The Morgan fingerprint density at radius 2 is 1.21 bits per heavy atom. The Morgan fingerprint density at radius 3 is 1.74 bits per heavy atom. The topological polar surface area (TPSA) is 3.88 Å². The first kappa shape index (κ1) is 27.1. The van der Waals surface area contributed by atoms with Crippen molar-refractivity contribution in [1.82, 2.24) is 0 Å². The molecule has 0 aliphatic carbocycles. The number of aryl methyl sites for hydroxylation is 2. The van der Waals surface area contributed by atoms with Gasteiger partial charge >= 0.3 is 0 Å². The van der Waals surface area contributed by atoms with Crippen molar-refractivity contribution in [3.63, 3.8) is 0 Å². The molecule has 5 aromatic rings. The normalized spacial score (nSPS) is 12.6. The van der Waals surface area contributed by atoms with Crippen molar-refractivity contribution in [2.45, 2.75) is 58.9 Å². The van der Waals surface area contributed by atoms with E-state index in [0.717, 1.165) is 0 Å². The monoisotopic (exact) mass is 528 g/mol. The van der Waals surface area contributed by atoms with E-state index in [0.29, 0.717) is 0 Å². The first-order chi connectivity index (χ1) is 18.4. The van der Waals surface area contributed by atoms with Crippen molar-refractivity contribution >= 4 is 34.4 Å². The molecule has 0 fully saturated rings. The lowest BCUT2D eigenvalue weighted by molar-refractivity contribution is -0.659. The molecule has 39 heavy (non-hydrogen) atoms. The zero-order chi connectivity index (χ0) is 28.0. The smallest absolute Gasteiger partial charge is 0.200 e. The van der Waals surface area contributed by atoms with Crippen LogP contribution in [0.5, 0.6) is 0 Å². The summed E-state index contributed by atoms with van der Waals surface area (Å²) >= 11 is 0. The van der Waals surface area contributed by atoms with Gasteiger partial charge in [-0.15, -0.1) is 0 Å². The van der Waals surface area contributed by atoms with Gasteiger partial charge in [-0.3, -0.25) is 0 Å². The fourth-order valence-corrected chi connectivity index (χ4v) is 12.1. The summed E-state index contributed by atoms with van der Waals surface area (Å²) in [6.07, 6.45) is 2.23. The predicted octanol–water partition coefficient (Wildman–Crippen LogP) is 7.21. The summed E-state index contributed by atoms with van der Waals surface area (Å²) in [5.41, 5.74) is 5.37. The summed E-state index contributed by atoms with van der Waals surface area (Å²) in [7, 11) is -0.230. The van der Waals surface area contributed by atoms with Gasteiger partial charge in [0.15, 0.2) is 14.3 Å². The molecule has 5 rings (SSSR count). The van der Waals surface area contributed by atoms with Crippen molar-refractivity contribution < 1.29 is 4.57 Å². The Kier molecular flexibility index (Phi) is 6.89. The maximum Gasteiger partial charge on any atom is 0.220 e. The van der Waals surface area contributed by atoms with E-state index < -0.39 is 8.07 Å². The molecule has 1 heterocycles. The second-order valence-corrected chi connectivity index (χ2v) is 17.8. The van der Waals surface area contributed by atoms with Crippen LogP contribution in [-0.2, 0) is 12.5 Å². The average molecular weight is 529 g/mol. The molecule has 0 saturated carbocycles. The molecule has 0 saturated heterocycles. The van der Waals surface area contributed by atoms with Gasteiger partial charge in [-0.2, -0.15) is 0 Å². The van der Waals surface area contributed by atoms with Crippen molar-refractivity contribution in [3.05, 3.63) is 120 Å². The van der Waals surface area contributed by atoms with Gasteiger partial charge in [-0.1, -0.05) is 126 Å². The lowest BCUT2D eigenvalue weighted by Gasteiger charge is -2.44. The average Bonchev–Trinajstić information content (AvgIpc) is 2.89. The first-order valence-electron chi connectivity index (χ1n) is 14.1. The van der Waals surface area contributed by atoms with Crippen molar-refractivity contribution in [2.24, 2.45) is 7.05 Å². The molecule has 0 amide bonds. The molecule has 0 radical (unpaired) electrons. The van der Waals surface area contributed by atoms with Gasteiger partial charge in [0.05, 0.1) is 5.39 Å². The molecule has 198 valence electrons. The summed E-state index contributed by atoms with van der Waals surface area (Å²) in [6.45, 7) is 16.4. The van der Waals surface area contributed by atoms with E-state index >= 15 is 0 Å². The molecule has 0 atom stereocenters. The van der Waals surface area contributed by atoms with E-state index in [1.807, 2.05) is 0 Å². The van der Waals surface area contributed by atoms with E-state index in [1.54, 1.807) is 0 Å². The Labute approximate surface area is 236 Å². The Morgan fingerprint density at radius 1 is 0.615 bits per heavy atom. The maximum absolute atomic E-state index is 2.50. The Balaban J connectivity index is 1.82. The molecule has 1 aromatic heterocycles. The highest BCUT2D eigenvalue weighted by molar-refractivity contribution is 7.13. The number of benzene rings is 4. The van der Waals surface area contributed by atoms with Gasteiger partial charge in [0.2, 0.25) is 5.69 Å². The summed E-state index contributed by atoms with van der Waals surface area (Å²) in [5, 5.41) is 7.03. The maximum atomic E-state index is 2.50. The van der Waals surface area contributed by atoms with Crippen LogP contribution in [0.2, 0.25) is 5.04 Å². The van der Waals surface area contributed by atoms with E-state index in [2.05, 4.69) is 169 Å². The van der Waals surface area contributed by atoms with Crippen LogP contribution in [-0.4, -0.2) is 8.07 Å². The first-order valence-corrected chi connectivity index (χ1v) is 16.1. The number of hydrogen-bond donors (Lipinski definition) is 0. The molecule has 0 aliphatic rings. The zero-order valence-electron chi connectivity index (χ0n) is 24.8. The fourth-order valence-electron chi connectivity index (χ4n) is 6.46. The number of rotatable bonds is 4. The van der Waals surface area contributed by atoms with Gasteiger partial charge in [0, 0.05) is 11.6 Å². The molecule has 0 unspecified atom stereocenters. The quantitative estimate of drug-likeness (QED) is 0.132. The SMILES string of the molecule is Cc1ccc(C(C)(C)C)cc1-c1c2ccc([Si](c3ccccc3)(c3ccccc3)C(C)(C)C)cc2cc[n+]1C. The lowest BCUT2D eigenvalue weighted by atomic mass is 9.84. The number of nitrogens with zero attached hydrogens (tertiary/aromatic N) is 1. The third kappa shape index (κ3) is 4.65. The Hall–Kier alpha value is -3.49. The summed E-state index contributed by atoms with van der Waals surface area (Å²) < 4.78 is 2.29. The van der Waals surface area contributed by atoms with Crippen LogP contribution in [0.25, 0.3) is 22.0 Å². The van der Waals surface area contributed by atoms with Crippen molar-refractivity contribution in [2.75, 3.05) is 0 Å². The largest absolute Gasteiger partial charge is 0.220 e. The molecule has 4 aromatic carbocycles. The molecular weight excluding hydrogens is 487 g/mol. The number of hydrogen-bond acceptors (Lipinski definition) is 0. The summed E-state index contributed by atoms with van der Waals surface area (Å²) in [5.74, 6) is 0. The second kappa shape index (κ2) is 9.92. The van der Waals surface area contributed by atoms with Crippen molar-refractivity contribution in [1.29, 1.82) is 0 Å². The summed E-state index contributed by atoms with van der Waals surface area (Å²) in [6, 6.07) is 39.1. The van der Waals surface area contributed by atoms with Gasteiger partial charge in [-0.05, 0) is 61.6 Å². The minimum Gasteiger partial charge on any atom is -0.200 e. The lowest BCUT2D eigenvalue weighted by Crippen LogP contribution is -2.72. The van der Waals surface area contributed by atoms with Gasteiger partial charge in [-0.25, -0.2) is 4.57 Å². The highest BCUT2D eigenvalue weighted by atomic mass is 28.3. The third-order valence-corrected chi connectivity index (χ3v) is 14.3. The third-order valence-electron chi connectivity index (χ3n) is 8.47. The van der Waals surface area contributed by atoms with Crippen LogP contribution >= 0.6 is 0 Å². The highest BCUT2D eigenvalue weighted by Crippen LogP contribution is 2.37. The molecule has 1 nitrogen and oxygen atoms in total. The van der Waals surface area contributed by atoms with Crippen LogP contribution in [0, 0.1) is 6.92 Å². The van der Waals surface area contributed by atoms with Crippen LogP contribution < -0.4 is 20.1 Å². The van der Waals surface area contributed by atoms with E-state index in [-0.39, 0.29) is 10.5 Å². The number of pyridine rings is 1. The second-order valence-electron chi connectivity index (χ2n) is 13.1. The number of aromatic nitrogens is 1. The molecule has 0 N–H and O–H groups in total. The molecule has 0 aliphatic heterocycles. The van der Waals surface area contributed by atoms with Crippen LogP contribution in [0.15, 0.2) is 109 Å². The molecule has 0 bridgehead atoms. The standard InChI is InChI=1S/C37H42NSi/c1-27-19-20-29(36(2,3)4)26-34(27)35-33-22-21-32(25-28(33)23-24-38(35)8)39(37(5,6)7,30-15-11-9-12-16-30)31-17-13-10-14-18-31/h9-26H,1-8H3/q+1. The minimum absolute atomic E-state index is 0.0588. The highest BCUT2D eigenvalue weighted by Gasteiger charge is 2.49. The van der Waals surface area contributed by atoms with E-state index in [9.17, 15) is 0 Å². The van der Waals surface area contributed by atoms with Gasteiger partial charge in [0.1, 0.15) is 7.05 Å². The zero-order valence-corrected chi connectivity index (χ0v) is 25.8. The predicted molar refractivity (Wildman–Crippen MR) is 171 cm³/mol. The van der Waals surface area contributed by atoms with Gasteiger partial charge < -0.3 is 0 Å². The van der Waals surface area contributed by atoms with Crippen LogP contribution in [0.1, 0.15) is 52.7 Å². The van der Waals surface area contributed by atoms with Crippen LogP contribution in [0.3, 0.4) is 0 Å². The van der Waals surface area contributed by atoms with Gasteiger partial charge in [0.25, 0.3) is 0 Å². The van der Waals surface area contributed by atoms with Crippen LogP contribution in [0.4, 0.5) is 0 Å². The van der Waals surface area contributed by atoms with Crippen molar-refractivity contribution in [3.8, 4) is 11.3 Å². The number of fused-ring (bicyclic) bond motifs is 1.